The number of urea groups is 1. The molecule has 0 spiro atoms. The summed E-state index contributed by atoms with van der Waals surface area (Å²) in [5, 5.41) is 7.97. The third-order valence-electron chi connectivity index (χ3n) is 5.06. The van der Waals surface area contributed by atoms with Crippen molar-refractivity contribution in [3.05, 3.63) is 29.3 Å². The maximum absolute atomic E-state index is 12.5. The number of imide groups is 1. The van der Waals surface area contributed by atoms with Crippen LogP contribution in [-0.2, 0) is 4.79 Å². The summed E-state index contributed by atoms with van der Waals surface area (Å²) < 4.78 is 0. The molecule has 4 amide bonds. The Kier molecular flexibility index (Phi) is 5.27. The Morgan fingerprint density at radius 2 is 1.92 bits per heavy atom. The molecular weight excluding hydrogens is 332 g/mol. The minimum Gasteiger partial charge on any atom is -0.336 e. The molecule has 26 heavy (non-hydrogen) atoms. The molecule has 0 aromatic heterocycles. The molecular formula is C19H26N4O3. The monoisotopic (exact) mass is 358 g/mol. The van der Waals surface area contributed by atoms with Crippen molar-refractivity contribution in [1.29, 1.82) is 0 Å². The molecule has 1 aromatic carbocycles. The van der Waals surface area contributed by atoms with Gasteiger partial charge in [-0.25, -0.2) is 4.79 Å². The number of rotatable bonds is 3. The number of likely N-dealkylation sites (tertiary alicyclic amines) is 1. The molecule has 3 rings (SSSR count). The average Bonchev–Trinajstić information content (AvgIpc) is 2.56. The van der Waals surface area contributed by atoms with Gasteiger partial charge >= 0.3 is 6.03 Å². The van der Waals surface area contributed by atoms with E-state index in [4.69, 9.17) is 0 Å². The molecule has 7 nitrogen and oxygen atoms in total. The zero-order valence-electron chi connectivity index (χ0n) is 15.5. The maximum Gasteiger partial charge on any atom is 0.319 e. The van der Waals surface area contributed by atoms with Gasteiger partial charge in [0, 0.05) is 17.3 Å². The van der Waals surface area contributed by atoms with Crippen LogP contribution in [0.3, 0.4) is 0 Å². The fourth-order valence-electron chi connectivity index (χ4n) is 3.76. The van der Waals surface area contributed by atoms with Gasteiger partial charge in [-0.3, -0.25) is 14.9 Å². The lowest BCUT2D eigenvalue weighted by atomic mass is 9.76. The standard InChI is InChI=1S/C19H26N4O3/c1-11(2)20-19(26)21-13-4-5-14-15(10-13)17(24)22-18(25)16(14)12-6-8-23(3)9-7-12/h4-5,10-12,16H,6-9H2,1-3H3,(H2,20,21,26)(H,22,24,25). The van der Waals surface area contributed by atoms with Crippen LogP contribution >= 0.6 is 0 Å². The molecule has 7 heteroatoms. The Hall–Kier alpha value is -2.41. The van der Waals surface area contributed by atoms with Crippen LogP contribution in [0.5, 0.6) is 0 Å². The van der Waals surface area contributed by atoms with Crippen molar-refractivity contribution in [2.45, 2.75) is 38.6 Å². The van der Waals surface area contributed by atoms with Gasteiger partial charge in [0.2, 0.25) is 5.91 Å². The van der Waals surface area contributed by atoms with Crippen LogP contribution in [0, 0.1) is 5.92 Å². The first-order chi connectivity index (χ1) is 12.3. The van der Waals surface area contributed by atoms with Gasteiger partial charge in [0.1, 0.15) is 0 Å². The number of hydrogen-bond donors (Lipinski definition) is 3. The summed E-state index contributed by atoms with van der Waals surface area (Å²) >= 11 is 0. The summed E-state index contributed by atoms with van der Waals surface area (Å²) in [5.74, 6) is -0.701. The van der Waals surface area contributed by atoms with E-state index in [2.05, 4.69) is 27.9 Å². The van der Waals surface area contributed by atoms with E-state index >= 15 is 0 Å². The van der Waals surface area contributed by atoms with Crippen molar-refractivity contribution in [3.63, 3.8) is 0 Å². The average molecular weight is 358 g/mol. The largest absolute Gasteiger partial charge is 0.336 e. The molecule has 0 bridgehead atoms. The van der Waals surface area contributed by atoms with E-state index in [-0.39, 0.29) is 29.8 Å². The molecule has 2 heterocycles. The number of hydrogen-bond acceptors (Lipinski definition) is 4. The van der Waals surface area contributed by atoms with Gasteiger partial charge in [-0.05, 0) is 70.4 Å². The summed E-state index contributed by atoms with van der Waals surface area (Å²) in [6.07, 6.45) is 1.86. The Balaban J connectivity index is 1.84. The quantitative estimate of drug-likeness (QED) is 0.720. The molecule has 0 saturated carbocycles. The van der Waals surface area contributed by atoms with E-state index in [0.29, 0.717) is 11.3 Å². The third-order valence-corrected chi connectivity index (χ3v) is 5.06. The number of anilines is 1. The SMILES string of the molecule is CC(C)NC(=O)Nc1ccc2c(c1)C(=O)NC(=O)C2C1CCN(C)CC1. The van der Waals surface area contributed by atoms with Crippen LogP contribution in [0.25, 0.3) is 0 Å². The molecule has 3 N–H and O–H groups in total. The fraction of sp³-hybridized carbons (Fsp3) is 0.526. The number of fused-ring (bicyclic) bond motifs is 1. The smallest absolute Gasteiger partial charge is 0.319 e. The van der Waals surface area contributed by atoms with Gasteiger partial charge in [-0.15, -0.1) is 0 Å². The number of nitrogens with one attached hydrogen (secondary N) is 3. The molecule has 0 aliphatic carbocycles. The molecule has 1 fully saturated rings. The van der Waals surface area contributed by atoms with Gasteiger partial charge in [0.15, 0.2) is 0 Å². The van der Waals surface area contributed by atoms with E-state index < -0.39 is 5.91 Å². The molecule has 0 radical (unpaired) electrons. The predicted octanol–water partition coefficient (Wildman–Crippen LogP) is 1.91. The van der Waals surface area contributed by atoms with Gasteiger partial charge < -0.3 is 15.5 Å². The van der Waals surface area contributed by atoms with Crippen LogP contribution in [0.1, 0.15) is 48.5 Å². The minimum atomic E-state index is -0.401. The first kappa shape index (κ1) is 18.4. The van der Waals surface area contributed by atoms with Crippen molar-refractivity contribution in [1.82, 2.24) is 15.5 Å². The summed E-state index contributed by atoms with van der Waals surface area (Å²) in [5.41, 5.74) is 1.77. The van der Waals surface area contributed by atoms with Gasteiger partial charge in [0.05, 0.1) is 5.92 Å². The number of carbonyl (C=O) groups is 3. The summed E-state index contributed by atoms with van der Waals surface area (Å²) in [6, 6.07) is 4.91. The topological polar surface area (TPSA) is 90.5 Å². The van der Waals surface area contributed by atoms with Crippen molar-refractivity contribution in [3.8, 4) is 0 Å². The number of amides is 4. The molecule has 1 saturated heterocycles. The first-order valence-corrected chi connectivity index (χ1v) is 9.10. The summed E-state index contributed by atoms with van der Waals surface area (Å²) in [7, 11) is 2.08. The third kappa shape index (κ3) is 3.88. The highest BCUT2D eigenvalue weighted by molar-refractivity contribution is 6.12. The number of nitrogens with zero attached hydrogens (tertiary/aromatic N) is 1. The maximum atomic E-state index is 12.5. The van der Waals surface area contributed by atoms with Gasteiger partial charge in [-0.1, -0.05) is 6.07 Å². The van der Waals surface area contributed by atoms with Crippen LogP contribution < -0.4 is 16.0 Å². The van der Waals surface area contributed by atoms with Crippen LogP contribution in [0.2, 0.25) is 0 Å². The predicted molar refractivity (Wildman–Crippen MR) is 99.2 cm³/mol. The molecule has 2 aliphatic heterocycles. The van der Waals surface area contributed by atoms with Gasteiger partial charge in [0.25, 0.3) is 5.91 Å². The van der Waals surface area contributed by atoms with Gasteiger partial charge in [-0.2, -0.15) is 0 Å². The number of carbonyl (C=O) groups excluding carboxylic acids is 3. The number of benzene rings is 1. The normalized spacial score (nSPS) is 21.3. The summed E-state index contributed by atoms with van der Waals surface area (Å²) in [6.45, 7) is 5.65. The van der Waals surface area contributed by atoms with Crippen molar-refractivity contribution in [2.75, 3.05) is 25.5 Å². The molecule has 1 unspecified atom stereocenters. The Bertz CT molecular complexity index is 723. The lowest BCUT2D eigenvalue weighted by molar-refractivity contribution is -0.123. The van der Waals surface area contributed by atoms with Crippen molar-refractivity contribution in [2.24, 2.45) is 5.92 Å². The van der Waals surface area contributed by atoms with E-state index in [1.165, 1.54) is 0 Å². The second-order valence-electron chi connectivity index (χ2n) is 7.49. The Labute approximate surface area is 153 Å². The zero-order valence-corrected chi connectivity index (χ0v) is 15.5. The highest BCUT2D eigenvalue weighted by Gasteiger charge is 2.38. The fourth-order valence-corrected chi connectivity index (χ4v) is 3.76. The van der Waals surface area contributed by atoms with Crippen molar-refractivity contribution < 1.29 is 14.4 Å². The zero-order chi connectivity index (χ0) is 18.8. The minimum absolute atomic E-state index is 0.0161. The second-order valence-corrected chi connectivity index (χ2v) is 7.49. The van der Waals surface area contributed by atoms with Crippen molar-refractivity contribution >= 4 is 23.5 Å². The van der Waals surface area contributed by atoms with E-state index in [0.717, 1.165) is 31.5 Å². The molecule has 1 atom stereocenters. The van der Waals surface area contributed by atoms with Crippen LogP contribution in [0.4, 0.5) is 10.5 Å². The van der Waals surface area contributed by atoms with Crippen LogP contribution in [0.15, 0.2) is 18.2 Å². The van der Waals surface area contributed by atoms with E-state index in [1.807, 2.05) is 13.8 Å². The van der Waals surface area contributed by atoms with E-state index in [9.17, 15) is 14.4 Å². The second kappa shape index (κ2) is 7.45. The molecule has 1 aromatic rings. The molecule has 2 aliphatic rings. The first-order valence-electron chi connectivity index (χ1n) is 9.10. The van der Waals surface area contributed by atoms with Crippen LogP contribution in [-0.4, -0.2) is 48.9 Å². The lowest BCUT2D eigenvalue weighted by Gasteiger charge is -2.36. The number of piperidine rings is 1. The Morgan fingerprint density at radius 3 is 2.58 bits per heavy atom. The Morgan fingerprint density at radius 1 is 1.23 bits per heavy atom. The summed E-state index contributed by atoms with van der Waals surface area (Å²) in [4.78, 5) is 39.0. The van der Waals surface area contributed by atoms with E-state index in [1.54, 1.807) is 18.2 Å². The highest BCUT2D eigenvalue weighted by atomic mass is 16.2. The highest BCUT2D eigenvalue weighted by Crippen LogP contribution is 2.37. The lowest BCUT2D eigenvalue weighted by Crippen LogP contribution is -2.45. The molecule has 140 valence electrons.